The summed E-state index contributed by atoms with van der Waals surface area (Å²) in [5.41, 5.74) is 1.31. The van der Waals surface area contributed by atoms with Gasteiger partial charge in [-0.1, -0.05) is 6.08 Å². The van der Waals surface area contributed by atoms with Crippen molar-refractivity contribution < 1.29 is 9.59 Å². The fraction of sp³-hybridized carbons (Fsp3) is 0.333. The minimum atomic E-state index is -0.176. The highest BCUT2D eigenvalue weighted by Gasteiger charge is 2.11. The summed E-state index contributed by atoms with van der Waals surface area (Å²) in [5.74, 6) is -0.165. The number of hydrogen-bond acceptors (Lipinski definition) is 2. The van der Waals surface area contributed by atoms with Crippen LogP contribution in [0.5, 0.6) is 0 Å². The summed E-state index contributed by atoms with van der Waals surface area (Å²) in [4.78, 5) is 25.2. The molecule has 0 aliphatic carbocycles. The second-order valence-corrected chi connectivity index (χ2v) is 4.04. The molecule has 2 amide bonds. The Kier molecular flexibility index (Phi) is 5.79. The minimum Gasteiger partial charge on any atom is -0.339 e. The molecule has 19 heavy (non-hydrogen) atoms. The van der Waals surface area contributed by atoms with Crippen molar-refractivity contribution in [1.29, 1.82) is 0 Å². The van der Waals surface area contributed by atoms with Crippen LogP contribution >= 0.6 is 0 Å². The van der Waals surface area contributed by atoms with Crippen LogP contribution in [-0.2, 0) is 4.79 Å². The van der Waals surface area contributed by atoms with Gasteiger partial charge < -0.3 is 10.2 Å². The number of carbonyl (C=O) groups is 2. The van der Waals surface area contributed by atoms with E-state index in [-0.39, 0.29) is 11.8 Å². The average molecular weight is 260 g/mol. The Balaban J connectivity index is 2.76. The van der Waals surface area contributed by atoms with E-state index in [1.54, 1.807) is 42.2 Å². The van der Waals surface area contributed by atoms with Gasteiger partial charge in [-0.25, -0.2) is 0 Å². The Bertz CT molecular complexity index is 460. The van der Waals surface area contributed by atoms with Gasteiger partial charge in [0.2, 0.25) is 5.91 Å². The smallest absolute Gasteiger partial charge is 0.253 e. The van der Waals surface area contributed by atoms with Crippen LogP contribution in [0.1, 0.15) is 31.1 Å². The van der Waals surface area contributed by atoms with E-state index in [1.807, 2.05) is 13.8 Å². The first kappa shape index (κ1) is 15.0. The molecule has 0 unspecified atom stereocenters. The number of rotatable bonds is 5. The number of allylic oxidation sites excluding steroid dienone is 1. The van der Waals surface area contributed by atoms with Gasteiger partial charge >= 0.3 is 0 Å². The van der Waals surface area contributed by atoms with Gasteiger partial charge in [-0.2, -0.15) is 0 Å². The van der Waals surface area contributed by atoms with E-state index < -0.39 is 0 Å². The summed E-state index contributed by atoms with van der Waals surface area (Å²) < 4.78 is 0. The minimum absolute atomic E-state index is 0.0105. The maximum atomic E-state index is 12.1. The summed E-state index contributed by atoms with van der Waals surface area (Å²) in [6, 6.07) is 6.92. The standard InChI is InChI=1S/C15H20N2O2/c1-4-7-14(18)16-13-10-8-12(9-11-13)15(19)17(5-2)6-3/h4,7-11H,5-6H2,1-3H3,(H,16,18)/b7-4+. The molecule has 102 valence electrons. The highest BCUT2D eigenvalue weighted by Crippen LogP contribution is 2.11. The van der Waals surface area contributed by atoms with E-state index in [9.17, 15) is 9.59 Å². The molecule has 0 aliphatic heterocycles. The molecule has 1 aromatic rings. The normalized spacial score (nSPS) is 10.5. The van der Waals surface area contributed by atoms with E-state index in [4.69, 9.17) is 0 Å². The molecule has 4 heteroatoms. The highest BCUT2D eigenvalue weighted by molar-refractivity contribution is 6.00. The van der Waals surface area contributed by atoms with Gasteiger partial charge in [0, 0.05) is 24.3 Å². The second-order valence-electron chi connectivity index (χ2n) is 4.04. The Hall–Kier alpha value is -2.10. The molecule has 0 radical (unpaired) electrons. The second kappa shape index (κ2) is 7.36. The quantitative estimate of drug-likeness (QED) is 0.827. The third-order valence-corrected chi connectivity index (χ3v) is 2.77. The van der Waals surface area contributed by atoms with E-state index in [1.165, 1.54) is 6.08 Å². The molecular formula is C15H20N2O2. The van der Waals surface area contributed by atoms with Crippen LogP contribution in [0.2, 0.25) is 0 Å². The molecule has 0 atom stereocenters. The monoisotopic (exact) mass is 260 g/mol. The average Bonchev–Trinajstić information content (AvgIpc) is 2.41. The SMILES string of the molecule is C/C=C/C(=O)Nc1ccc(C(=O)N(CC)CC)cc1. The van der Waals surface area contributed by atoms with Gasteiger partial charge in [0.1, 0.15) is 0 Å². The lowest BCUT2D eigenvalue weighted by molar-refractivity contribution is -0.111. The summed E-state index contributed by atoms with van der Waals surface area (Å²) in [5, 5.41) is 2.72. The zero-order valence-corrected chi connectivity index (χ0v) is 11.6. The van der Waals surface area contributed by atoms with Crippen molar-refractivity contribution in [1.82, 2.24) is 4.90 Å². The molecule has 1 aromatic carbocycles. The third-order valence-electron chi connectivity index (χ3n) is 2.77. The molecule has 1 N–H and O–H groups in total. The first-order chi connectivity index (χ1) is 9.12. The van der Waals surface area contributed by atoms with Crippen LogP contribution < -0.4 is 5.32 Å². The van der Waals surface area contributed by atoms with Crippen molar-refractivity contribution >= 4 is 17.5 Å². The number of benzene rings is 1. The summed E-state index contributed by atoms with van der Waals surface area (Å²) >= 11 is 0. The Morgan fingerprint density at radius 3 is 2.21 bits per heavy atom. The van der Waals surface area contributed by atoms with Crippen LogP contribution in [0.4, 0.5) is 5.69 Å². The summed E-state index contributed by atoms with van der Waals surface area (Å²) in [7, 11) is 0. The molecule has 0 saturated heterocycles. The Morgan fingerprint density at radius 1 is 1.16 bits per heavy atom. The van der Waals surface area contributed by atoms with E-state index in [0.29, 0.717) is 24.3 Å². The summed E-state index contributed by atoms with van der Waals surface area (Å²) in [6.07, 6.45) is 3.13. The van der Waals surface area contributed by atoms with Crippen molar-refractivity contribution in [2.24, 2.45) is 0 Å². The Morgan fingerprint density at radius 2 is 1.74 bits per heavy atom. The fourth-order valence-corrected chi connectivity index (χ4v) is 1.72. The molecule has 0 spiro atoms. The van der Waals surface area contributed by atoms with Crippen molar-refractivity contribution in [3.05, 3.63) is 42.0 Å². The van der Waals surface area contributed by atoms with Crippen molar-refractivity contribution in [2.75, 3.05) is 18.4 Å². The van der Waals surface area contributed by atoms with E-state index in [0.717, 1.165) is 0 Å². The Labute approximate surface area is 114 Å². The number of anilines is 1. The predicted molar refractivity (Wildman–Crippen MR) is 77.1 cm³/mol. The van der Waals surface area contributed by atoms with Gasteiger partial charge in [-0.15, -0.1) is 0 Å². The molecular weight excluding hydrogens is 240 g/mol. The highest BCUT2D eigenvalue weighted by atomic mass is 16.2. The third kappa shape index (κ3) is 4.25. The largest absolute Gasteiger partial charge is 0.339 e. The van der Waals surface area contributed by atoms with E-state index >= 15 is 0 Å². The van der Waals surface area contributed by atoms with Gasteiger partial charge in [-0.05, 0) is 51.1 Å². The number of nitrogens with one attached hydrogen (secondary N) is 1. The molecule has 0 saturated carbocycles. The molecule has 4 nitrogen and oxygen atoms in total. The molecule has 0 aliphatic rings. The molecule has 0 aromatic heterocycles. The van der Waals surface area contributed by atoms with Crippen LogP contribution in [0.3, 0.4) is 0 Å². The van der Waals surface area contributed by atoms with Crippen LogP contribution in [-0.4, -0.2) is 29.8 Å². The van der Waals surface area contributed by atoms with Crippen LogP contribution in [0.25, 0.3) is 0 Å². The molecule has 1 rings (SSSR count). The zero-order chi connectivity index (χ0) is 14.3. The van der Waals surface area contributed by atoms with Gasteiger partial charge in [0.05, 0.1) is 0 Å². The van der Waals surface area contributed by atoms with Crippen LogP contribution in [0.15, 0.2) is 36.4 Å². The van der Waals surface area contributed by atoms with Gasteiger partial charge in [0.15, 0.2) is 0 Å². The molecule has 0 bridgehead atoms. The number of amides is 2. The maximum Gasteiger partial charge on any atom is 0.253 e. The van der Waals surface area contributed by atoms with Crippen LogP contribution in [0, 0.1) is 0 Å². The molecule has 0 fully saturated rings. The van der Waals surface area contributed by atoms with Gasteiger partial charge in [0.25, 0.3) is 5.91 Å². The fourth-order valence-electron chi connectivity index (χ4n) is 1.72. The van der Waals surface area contributed by atoms with Crippen molar-refractivity contribution in [3.8, 4) is 0 Å². The van der Waals surface area contributed by atoms with Gasteiger partial charge in [-0.3, -0.25) is 9.59 Å². The first-order valence-corrected chi connectivity index (χ1v) is 6.45. The van der Waals surface area contributed by atoms with E-state index in [2.05, 4.69) is 5.32 Å². The van der Waals surface area contributed by atoms with Crippen molar-refractivity contribution in [3.63, 3.8) is 0 Å². The topological polar surface area (TPSA) is 49.4 Å². The zero-order valence-electron chi connectivity index (χ0n) is 11.6. The maximum absolute atomic E-state index is 12.1. The number of hydrogen-bond donors (Lipinski definition) is 1. The lowest BCUT2D eigenvalue weighted by atomic mass is 10.1. The predicted octanol–water partition coefficient (Wildman–Crippen LogP) is 2.68. The number of nitrogens with zero attached hydrogens (tertiary/aromatic N) is 1. The lowest BCUT2D eigenvalue weighted by Gasteiger charge is -2.18. The number of carbonyl (C=O) groups excluding carboxylic acids is 2. The summed E-state index contributed by atoms with van der Waals surface area (Å²) in [6.45, 7) is 7.07. The first-order valence-electron chi connectivity index (χ1n) is 6.45. The van der Waals surface area contributed by atoms with Crippen molar-refractivity contribution in [2.45, 2.75) is 20.8 Å². The lowest BCUT2D eigenvalue weighted by Crippen LogP contribution is -2.30. The molecule has 0 heterocycles.